The molecule has 4 nitrogen and oxygen atoms in total. The highest BCUT2D eigenvalue weighted by atomic mass is 35.5. The van der Waals surface area contributed by atoms with Gasteiger partial charge in [0.05, 0.1) is 5.56 Å². The number of amides is 2. The summed E-state index contributed by atoms with van der Waals surface area (Å²) in [5.74, 6) is 0.159. The van der Waals surface area contributed by atoms with Crippen molar-refractivity contribution in [3.8, 4) is 0 Å². The number of rotatable bonds is 4. The van der Waals surface area contributed by atoms with Gasteiger partial charge in [0.25, 0.3) is 11.8 Å². The van der Waals surface area contributed by atoms with E-state index >= 15 is 0 Å². The summed E-state index contributed by atoms with van der Waals surface area (Å²) in [7, 11) is 0. The Hall–Kier alpha value is -2.63. The van der Waals surface area contributed by atoms with E-state index in [-0.39, 0.29) is 11.8 Å². The molecule has 3 aromatic rings. The lowest BCUT2D eigenvalue weighted by atomic mass is 9.88. The van der Waals surface area contributed by atoms with E-state index in [1.807, 2.05) is 18.2 Å². The molecule has 0 aliphatic heterocycles. The summed E-state index contributed by atoms with van der Waals surface area (Å²) < 4.78 is 0. The van der Waals surface area contributed by atoms with Gasteiger partial charge in [0.15, 0.2) is 0 Å². The summed E-state index contributed by atoms with van der Waals surface area (Å²) in [4.78, 5) is 27.1. The maximum absolute atomic E-state index is 13.2. The van der Waals surface area contributed by atoms with Crippen molar-refractivity contribution in [1.29, 1.82) is 0 Å². The summed E-state index contributed by atoms with van der Waals surface area (Å²) >= 11 is 7.45. The van der Waals surface area contributed by atoms with Crippen LogP contribution in [0.5, 0.6) is 0 Å². The van der Waals surface area contributed by atoms with Crippen LogP contribution in [-0.2, 0) is 12.8 Å². The second-order valence-electron chi connectivity index (χ2n) is 7.34. The zero-order valence-corrected chi connectivity index (χ0v) is 17.6. The minimum atomic E-state index is -0.210. The first-order valence-electron chi connectivity index (χ1n) is 9.59. The summed E-state index contributed by atoms with van der Waals surface area (Å²) in [5, 5.41) is 7.14. The van der Waals surface area contributed by atoms with E-state index < -0.39 is 0 Å². The number of anilines is 2. The number of hydrogen-bond acceptors (Lipinski definition) is 3. The molecule has 0 fully saturated rings. The molecular weight excluding hydrogens is 404 g/mol. The van der Waals surface area contributed by atoms with Crippen LogP contribution in [0.25, 0.3) is 0 Å². The SMILES string of the molecule is C[C@@H]1CCc2c(sc(NC(=O)c3ccccc3)c2C(=O)Nc2ccc(Cl)cc2)C1. The summed E-state index contributed by atoms with van der Waals surface area (Å²) in [6, 6.07) is 16.0. The van der Waals surface area contributed by atoms with Gasteiger partial charge in [0.1, 0.15) is 5.00 Å². The van der Waals surface area contributed by atoms with Crippen LogP contribution >= 0.6 is 22.9 Å². The van der Waals surface area contributed by atoms with Gasteiger partial charge in [-0.25, -0.2) is 0 Å². The van der Waals surface area contributed by atoms with Gasteiger partial charge in [-0.2, -0.15) is 0 Å². The van der Waals surface area contributed by atoms with Crippen LogP contribution in [0, 0.1) is 5.92 Å². The summed E-state index contributed by atoms with van der Waals surface area (Å²) in [6.45, 7) is 2.22. The average molecular weight is 425 g/mol. The molecule has 0 saturated heterocycles. The van der Waals surface area contributed by atoms with Gasteiger partial charge in [-0.05, 0) is 67.1 Å². The van der Waals surface area contributed by atoms with Gasteiger partial charge in [0, 0.05) is 21.2 Å². The monoisotopic (exact) mass is 424 g/mol. The molecule has 0 saturated carbocycles. The number of hydrogen-bond donors (Lipinski definition) is 2. The van der Waals surface area contributed by atoms with E-state index in [1.165, 1.54) is 16.2 Å². The van der Waals surface area contributed by atoms with Crippen molar-refractivity contribution in [2.45, 2.75) is 26.2 Å². The largest absolute Gasteiger partial charge is 0.322 e. The molecule has 0 radical (unpaired) electrons. The number of carbonyl (C=O) groups is 2. The standard InChI is InChI=1S/C23H21ClN2O2S/c1-14-7-12-18-19(13-14)29-23(26-21(27)15-5-3-2-4-6-15)20(18)22(28)25-17-10-8-16(24)9-11-17/h2-6,8-11,14H,7,12-13H2,1H3,(H,25,28)(H,26,27)/t14-/m1/s1. The number of fused-ring (bicyclic) bond motifs is 1. The minimum absolute atomic E-state index is 0.206. The Kier molecular flexibility index (Phi) is 5.69. The third-order valence-electron chi connectivity index (χ3n) is 5.10. The van der Waals surface area contributed by atoms with E-state index in [9.17, 15) is 9.59 Å². The van der Waals surface area contributed by atoms with Crippen molar-refractivity contribution >= 4 is 45.4 Å². The molecule has 6 heteroatoms. The Morgan fingerprint density at radius 3 is 2.45 bits per heavy atom. The fourth-order valence-corrected chi connectivity index (χ4v) is 5.10. The lowest BCUT2D eigenvalue weighted by Crippen LogP contribution is -2.19. The van der Waals surface area contributed by atoms with Gasteiger partial charge in [0.2, 0.25) is 0 Å². The third-order valence-corrected chi connectivity index (χ3v) is 6.53. The van der Waals surface area contributed by atoms with Crippen LogP contribution in [0.1, 0.15) is 44.5 Å². The van der Waals surface area contributed by atoms with Crippen molar-refractivity contribution < 1.29 is 9.59 Å². The van der Waals surface area contributed by atoms with Gasteiger partial charge >= 0.3 is 0 Å². The molecule has 1 aromatic heterocycles. The fourth-order valence-electron chi connectivity index (χ4n) is 3.57. The predicted octanol–water partition coefficient (Wildman–Crippen LogP) is 6.03. The molecule has 1 heterocycles. The number of thiophene rings is 1. The normalized spacial score (nSPS) is 15.4. The number of nitrogens with one attached hydrogen (secondary N) is 2. The van der Waals surface area contributed by atoms with Crippen LogP contribution < -0.4 is 10.6 Å². The quantitative estimate of drug-likeness (QED) is 0.537. The van der Waals surface area contributed by atoms with Gasteiger partial charge in [-0.1, -0.05) is 36.7 Å². The molecule has 2 N–H and O–H groups in total. The number of carbonyl (C=O) groups excluding carboxylic acids is 2. The highest BCUT2D eigenvalue weighted by Gasteiger charge is 2.28. The highest BCUT2D eigenvalue weighted by molar-refractivity contribution is 7.17. The maximum atomic E-state index is 13.2. The third kappa shape index (κ3) is 4.36. The maximum Gasteiger partial charge on any atom is 0.258 e. The summed E-state index contributed by atoms with van der Waals surface area (Å²) in [6.07, 6.45) is 2.82. The Morgan fingerprint density at radius 1 is 1.00 bits per heavy atom. The van der Waals surface area contributed by atoms with E-state index in [1.54, 1.807) is 36.4 Å². The van der Waals surface area contributed by atoms with Crippen LogP contribution in [0.15, 0.2) is 54.6 Å². The minimum Gasteiger partial charge on any atom is -0.322 e. The Bertz CT molecular complexity index is 1040. The van der Waals surface area contributed by atoms with E-state index in [0.29, 0.717) is 32.8 Å². The topological polar surface area (TPSA) is 58.2 Å². The second-order valence-corrected chi connectivity index (χ2v) is 8.88. The van der Waals surface area contributed by atoms with Gasteiger partial charge in [-0.3, -0.25) is 9.59 Å². The van der Waals surface area contributed by atoms with Gasteiger partial charge in [-0.15, -0.1) is 11.3 Å². The molecular formula is C23H21ClN2O2S. The van der Waals surface area contributed by atoms with E-state index in [2.05, 4.69) is 17.6 Å². The Balaban J connectivity index is 1.66. The zero-order chi connectivity index (χ0) is 20.4. The molecule has 0 unspecified atom stereocenters. The van der Waals surface area contributed by atoms with Crippen molar-refractivity contribution in [2.75, 3.05) is 10.6 Å². The lowest BCUT2D eigenvalue weighted by Gasteiger charge is -2.18. The Morgan fingerprint density at radius 2 is 1.72 bits per heavy atom. The lowest BCUT2D eigenvalue weighted by molar-refractivity contribution is 0.102. The van der Waals surface area contributed by atoms with E-state index in [0.717, 1.165) is 24.8 Å². The molecule has 2 aromatic carbocycles. The molecule has 0 spiro atoms. The van der Waals surface area contributed by atoms with Crippen LogP contribution in [0.4, 0.5) is 10.7 Å². The Labute approximate surface area is 178 Å². The second kappa shape index (κ2) is 8.39. The fraction of sp³-hybridized carbons (Fsp3) is 0.217. The first-order chi connectivity index (χ1) is 14.0. The van der Waals surface area contributed by atoms with Crippen LogP contribution in [0.3, 0.4) is 0 Å². The molecule has 0 bridgehead atoms. The first-order valence-corrected chi connectivity index (χ1v) is 10.8. The molecule has 148 valence electrons. The predicted molar refractivity (Wildman–Crippen MR) is 119 cm³/mol. The van der Waals surface area contributed by atoms with Crippen molar-refractivity contribution in [3.63, 3.8) is 0 Å². The number of halogens is 1. The molecule has 2 amide bonds. The highest BCUT2D eigenvalue weighted by Crippen LogP contribution is 2.40. The first kappa shape index (κ1) is 19.7. The van der Waals surface area contributed by atoms with Crippen molar-refractivity contribution in [1.82, 2.24) is 0 Å². The smallest absolute Gasteiger partial charge is 0.258 e. The summed E-state index contributed by atoms with van der Waals surface area (Å²) in [5.41, 5.74) is 2.87. The van der Waals surface area contributed by atoms with Crippen molar-refractivity contribution in [3.05, 3.63) is 81.2 Å². The van der Waals surface area contributed by atoms with Crippen molar-refractivity contribution in [2.24, 2.45) is 5.92 Å². The number of benzene rings is 2. The molecule has 1 atom stereocenters. The zero-order valence-electron chi connectivity index (χ0n) is 16.0. The molecule has 29 heavy (non-hydrogen) atoms. The average Bonchev–Trinajstić information content (AvgIpc) is 3.07. The van der Waals surface area contributed by atoms with Crippen LogP contribution in [-0.4, -0.2) is 11.8 Å². The van der Waals surface area contributed by atoms with Gasteiger partial charge < -0.3 is 10.6 Å². The molecule has 4 rings (SSSR count). The van der Waals surface area contributed by atoms with Crippen LogP contribution in [0.2, 0.25) is 5.02 Å². The van der Waals surface area contributed by atoms with E-state index in [4.69, 9.17) is 11.6 Å². The molecule has 1 aliphatic carbocycles. The molecule has 1 aliphatic rings.